The average Bonchev–Trinajstić information content (AvgIpc) is 2.69. The van der Waals surface area contributed by atoms with Gasteiger partial charge in [0, 0.05) is 32.6 Å². The van der Waals surface area contributed by atoms with Gasteiger partial charge in [-0.2, -0.15) is 4.98 Å². The molecule has 0 aliphatic carbocycles. The van der Waals surface area contributed by atoms with Gasteiger partial charge in [-0.25, -0.2) is 9.78 Å². The van der Waals surface area contributed by atoms with Gasteiger partial charge in [0.25, 0.3) is 0 Å². The fourth-order valence-electron chi connectivity index (χ4n) is 2.92. The Balaban J connectivity index is 1.61. The Hall–Kier alpha value is -3.35. The highest BCUT2D eigenvalue weighted by atomic mass is 16.6. The number of aromatic nitrogens is 2. The van der Waals surface area contributed by atoms with Crippen LogP contribution in [0.4, 0.5) is 16.6 Å². The van der Waals surface area contributed by atoms with E-state index < -0.39 is 11.7 Å². The van der Waals surface area contributed by atoms with Crippen molar-refractivity contribution in [1.82, 2.24) is 15.3 Å². The van der Waals surface area contributed by atoms with Crippen LogP contribution in [0, 0.1) is 0 Å². The first kappa shape index (κ1) is 21.4. The fourth-order valence-corrected chi connectivity index (χ4v) is 2.92. The molecule has 30 heavy (non-hydrogen) atoms. The molecule has 0 aliphatic rings. The van der Waals surface area contributed by atoms with E-state index in [4.69, 9.17) is 4.74 Å². The van der Waals surface area contributed by atoms with Gasteiger partial charge in [0.15, 0.2) is 0 Å². The molecule has 1 aromatic heterocycles. The van der Waals surface area contributed by atoms with Crippen molar-refractivity contribution >= 4 is 28.8 Å². The molecule has 0 atom stereocenters. The lowest BCUT2D eigenvalue weighted by Gasteiger charge is -2.19. The first-order valence-electron chi connectivity index (χ1n) is 9.94. The summed E-state index contributed by atoms with van der Waals surface area (Å²) < 4.78 is 5.25. The van der Waals surface area contributed by atoms with E-state index in [1.54, 1.807) is 0 Å². The maximum atomic E-state index is 11.8. The Morgan fingerprint density at radius 2 is 1.60 bits per heavy atom. The molecule has 0 unspecified atom stereocenters. The molecular weight excluding hydrogens is 378 g/mol. The number of alkyl carbamates (subject to hydrolysis) is 1. The molecule has 0 radical (unpaired) electrons. The topological polar surface area (TPSA) is 79.4 Å². The van der Waals surface area contributed by atoms with E-state index in [-0.39, 0.29) is 0 Å². The monoisotopic (exact) mass is 407 g/mol. The van der Waals surface area contributed by atoms with Crippen molar-refractivity contribution in [3.63, 3.8) is 0 Å². The molecule has 0 saturated heterocycles. The van der Waals surface area contributed by atoms with Gasteiger partial charge in [0.05, 0.1) is 5.52 Å². The maximum absolute atomic E-state index is 11.8. The van der Waals surface area contributed by atoms with Gasteiger partial charge in [0.1, 0.15) is 11.4 Å². The Labute approximate surface area is 177 Å². The third-order valence-corrected chi connectivity index (χ3v) is 4.32. The molecule has 0 fully saturated rings. The van der Waals surface area contributed by atoms with Crippen molar-refractivity contribution < 1.29 is 9.53 Å². The first-order chi connectivity index (χ1) is 14.2. The highest BCUT2D eigenvalue weighted by Crippen LogP contribution is 2.23. The van der Waals surface area contributed by atoms with Gasteiger partial charge in [-0.15, -0.1) is 0 Å². The number of rotatable bonds is 6. The summed E-state index contributed by atoms with van der Waals surface area (Å²) in [5.74, 6) is 1.47. The molecule has 0 bridgehead atoms. The Morgan fingerprint density at radius 1 is 0.967 bits per heavy atom. The third kappa shape index (κ3) is 5.83. The van der Waals surface area contributed by atoms with Gasteiger partial charge in [-0.3, -0.25) is 0 Å². The van der Waals surface area contributed by atoms with E-state index in [0.29, 0.717) is 19.0 Å². The summed E-state index contributed by atoms with van der Waals surface area (Å²) in [6.45, 7) is 6.55. The van der Waals surface area contributed by atoms with Crippen LogP contribution in [0.1, 0.15) is 31.9 Å². The van der Waals surface area contributed by atoms with Crippen LogP contribution in [0.3, 0.4) is 0 Å². The van der Waals surface area contributed by atoms with Crippen LogP contribution >= 0.6 is 0 Å². The molecule has 158 valence electrons. The fraction of sp³-hybridized carbons (Fsp3) is 0.348. The van der Waals surface area contributed by atoms with Crippen LogP contribution in [0.25, 0.3) is 10.9 Å². The van der Waals surface area contributed by atoms with Crippen LogP contribution in [0.5, 0.6) is 0 Å². The zero-order valence-corrected chi connectivity index (χ0v) is 18.2. The highest BCUT2D eigenvalue weighted by Gasteiger charge is 2.15. The number of carbonyl (C=O) groups is 1. The molecule has 1 heterocycles. The second-order valence-electron chi connectivity index (χ2n) is 8.31. The number of hydrogen-bond acceptors (Lipinski definition) is 6. The van der Waals surface area contributed by atoms with Crippen LogP contribution in [-0.2, 0) is 17.8 Å². The minimum Gasteiger partial charge on any atom is -0.444 e. The SMILES string of the molecule is CN(C)c1nc(NCc2ccc(CNC(=O)OC(C)(C)C)cc2)nc2ccccc12. The van der Waals surface area contributed by atoms with Crippen molar-refractivity contribution in [2.75, 3.05) is 24.3 Å². The van der Waals surface area contributed by atoms with Crippen molar-refractivity contribution in [2.24, 2.45) is 0 Å². The number of nitrogens with zero attached hydrogens (tertiary/aromatic N) is 3. The van der Waals surface area contributed by atoms with Gasteiger partial charge >= 0.3 is 6.09 Å². The van der Waals surface area contributed by atoms with Crippen molar-refractivity contribution in [3.05, 3.63) is 59.7 Å². The number of fused-ring (bicyclic) bond motifs is 1. The van der Waals surface area contributed by atoms with Crippen LogP contribution in [-0.4, -0.2) is 35.8 Å². The summed E-state index contributed by atoms with van der Waals surface area (Å²) in [4.78, 5) is 23.0. The predicted molar refractivity (Wildman–Crippen MR) is 121 cm³/mol. The Bertz CT molecular complexity index is 1010. The third-order valence-electron chi connectivity index (χ3n) is 4.32. The van der Waals surface area contributed by atoms with Gasteiger partial charge in [-0.1, -0.05) is 36.4 Å². The van der Waals surface area contributed by atoms with Crippen molar-refractivity contribution in [1.29, 1.82) is 0 Å². The number of hydrogen-bond donors (Lipinski definition) is 2. The number of anilines is 2. The maximum Gasteiger partial charge on any atom is 0.407 e. The van der Waals surface area contributed by atoms with Gasteiger partial charge < -0.3 is 20.3 Å². The number of para-hydroxylation sites is 1. The molecular formula is C23H29N5O2. The minimum absolute atomic E-state index is 0.418. The lowest BCUT2D eigenvalue weighted by molar-refractivity contribution is 0.0523. The molecule has 3 aromatic rings. The molecule has 7 heteroatoms. The molecule has 3 rings (SSSR count). The summed E-state index contributed by atoms with van der Waals surface area (Å²) in [5.41, 5.74) is 2.50. The highest BCUT2D eigenvalue weighted by molar-refractivity contribution is 5.90. The van der Waals surface area contributed by atoms with Gasteiger partial charge in [0.2, 0.25) is 5.95 Å². The van der Waals surface area contributed by atoms with E-state index in [1.165, 1.54) is 0 Å². The molecule has 0 aliphatic heterocycles. The van der Waals surface area contributed by atoms with E-state index in [9.17, 15) is 4.79 Å². The summed E-state index contributed by atoms with van der Waals surface area (Å²) in [6.07, 6.45) is -0.418. The summed E-state index contributed by atoms with van der Waals surface area (Å²) >= 11 is 0. The van der Waals surface area contributed by atoms with Gasteiger partial charge in [-0.05, 0) is 44.0 Å². The standard InChI is InChI=1S/C23H29N5O2/c1-23(2,3)30-22(29)25-15-17-12-10-16(11-13-17)14-24-21-26-19-9-7-6-8-18(19)20(27-21)28(4)5/h6-13H,14-15H2,1-5H3,(H,25,29)(H,24,26,27). The number of amides is 1. The zero-order chi connectivity index (χ0) is 21.7. The summed E-state index contributed by atoms with van der Waals surface area (Å²) in [6, 6.07) is 16.0. The van der Waals surface area contributed by atoms with Crippen molar-refractivity contribution in [2.45, 2.75) is 39.5 Å². The molecule has 2 aromatic carbocycles. The normalized spacial score (nSPS) is 11.2. The Kier molecular flexibility index (Phi) is 6.40. The number of benzene rings is 2. The van der Waals surface area contributed by atoms with E-state index >= 15 is 0 Å². The zero-order valence-electron chi connectivity index (χ0n) is 18.2. The quantitative estimate of drug-likeness (QED) is 0.633. The molecule has 7 nitrogen and oxygen atoms in total. The van der Waals surface area contributed by atoms with E-state index in [1.807, 2.05) is 88.3 Å². The number of ether oxygens (including phenoxy) is 1. The lowest BCUT2D eigenvalue weighted by Crippen LogP contribution is -2.32. The van der Waals surface area contributed by atoms with Crippen LogP contribution < -0.4 is 15.5 Å². The van der Waals surface area contributed by atoms with E-state index in [2.05, 4.69) is 20.6 Å². The van der Waals surface area contributed by atoms with Crippen molar-refractivity contribution in [3.8, 4) is 0 Å². The number of carbonyl (C=O) groups excluding carboxylic acids is 1. The largest absolute Gasteiger partial charge is 0.444 e. The molecule has 0 spiro atoms. The molecule has 0 saturated carbocycles. The summed E-state index contributed by atoms with van der Waals surface area (Å²) in [5, 5.41) is 7.09. The first-order valence-corrected chi connectivity index (χ1v) is 9.94. The lowest BCUT2D eigenvalue weighted by atomic mass is 10.1. The minimum atomic E-state index is -0.503. The second-order valence-corrected chi connectivity index (χ2v) is 8.31. The van der Waals surface area contributed by atoms with Crippen LogP contribution in [0.15, 0.2) is 48.5 Å². The predicted octanol–water partition coefficient (Wildman–Crippen LogP) is 4.33. The summed E-state index contributed by atoms with van der Waals surface area (Å²) in [7, 11) is 3.95. The Morgan fingerprint density at radius 3 is 2.23 bits per heavy atom. The van der Waals surface area contributed by atoms with Crippen LogP contribution in [0.2, 0.25) is 0 Å². The second kappa shape index (κ2) is 8.98. The smallest absolute Gasteiger partial charge is 0.407 e. The molecule has 2 N–H and O–H groups in total. The number of nitrogens with one attached hydrogen (secondary N) is 2. The average molecular weight is 408 g/mol. The van der Waals surface area contributed by atoms with E-state index in [0.717, 1.165) is 27.8 Å². The molecule has 1 amide bonds.